The smallest absolute Gasteiger partial charge is 0.268 e. The third-order valence-electron chi connectivity index (χ3n) is 9.19. The topological polar surface area (TPSA) is 116 Å². The molecule has 0 saturated carbocycles. The van der Waals surface area contributed by atoms with Crippen LogP contribution in [0.3, 0.4) is 0 Å². The van der Waals surface area contributed by atoms with E-state index in [1.807, 2.05) is 23.0 Å². The molecular weight excluding hydrogens is 665 g/mol. The van der Waals surface area contributed by atoms with E-state index in [4.69, 9.17) is 11.6 Å². The first-order valence-electron chi connectivity index (χ1n) is 15.6. The third kappa shape index (κ3) is 5.24. The van der Waals surface area contributed by atoms with Crippen molar-refractivity contribution in [3.05, 3.63) is 117 Å². The molecule has 50 heavy (non-hydrogen) atoms. The zero-order chi connectivity index (χ0) is 35.4. The minimum atomic E-state index is -0.704. The summed E-state index contributed by atoms with van der Waals surface area (Å²) in [4.78, 5) is 24.6. The van der Waals surface area contributed by atoms with Gasteiger partial charge in [0.15, 0.2) is 0 Å². The van der Waals surface area contributed by atoms with Crippen LogP contribution in [0.2, 0.25) is 5.02 Å². The van der Waals surface area contributed by atoms with Gasteiger partial charge in [-0.25, -0.2) is 13.2 Å². The number of rotatable bonds is 2. The normalized spacial score (nSPS) is 13.4. The van der Waals surface area contributed by atoms with Crippen LogP contribution in [0.5, 0.6) is 0 Å². The lowest BCUT2D eigenvalue weighted by Gasteiger charge is -2.18. The lowest BCUT2D eigenvalue weighted by atomic mass is 9.98. The second-order valence-electron chi connectivity index (χ2n) is 12.1. The largest absolute Gasteiger partial charge is 0.349 e. The fourth-order valence-corrected chi connectivity index (χ4v) is 7.18. The zero-order valence-electron chi connectivity index (χ0n) is 26.7. The van der Waals surface area contributed by atoms with Crippen LogP contribution in [0.4, 0.5) is 13.2 Å². The van der Waals surface area contributed by atoms with Gasteiger partial charge in [0.25, 0.3) is 11.8 Å². The molecule has 2 aromatic heterocycles. The highest BCUT2D eigenvalue weighted by atomic mass is 35.5. The molecule has 2 amide bonds. The van der Waals surface area contributed by atoms with Gasteiger partial charge >= 0.3 is 0 Å². The molecule has 6 aromatic rings. The molecule has 2 N–H and O–H groups in total. The second kappa shape index (κ2) is 12.4. The van der Waals surface area contributed by atoms with Crippen LogP contribution < -0.4 is 10.6 Å². The molecule has 0 aliphatic carbocycles. The van der Waals surface area contributed by atoms with Crippen molar-refractivity contribution in [1.29, 1.82) is 10.5 Å². The predicted molar refractivity (Wildman–Crippen MR) is 183 cm³/mol. The summed E-state index contributed by atoms with van der Waals surface area (Å²) in [5, 5.41) is 26.2. The fraction of sp³-hybridized carbons (Fsp3) is 0.158. The molecule has 0 bridgehead atoms. The summed E-state index contributed by atoms with van der Waals surface area (Å²) >= 11 is 5.87. The number of aryl methyl sites for hydroxylation is 2. The Morgan fingerprint density at radius 1 is 0.660 bits per heavy atom. The number of amides is 2. The number of carbonyl (C=O) groups is 2. The monoisotopic (exact) mass is 690 g/mol. The molecule has 0 fully saturated rings. The minimum Gasteiger partial charge on any atom is -0.349 e. The summed E-state index contributed by atoms with van der Waals surface area (Å²) in [6.45, 7) is 5.79. The number of hydrogen-bond acceptors (Lipinski definition) is 4. The standard InChI is InChI=1S/C19H13ClFN3O.C19H13F2N3O/c2*1-10-14-6-11(9-22)7-15(13-3-2-12(20)8-16(13)21)18(14)24-5-4-23-19(25)17(10)24/h2*2-3,6-8H,4-5H2,1H3,(H,23,25). The summed E-state index contributed by atoms with van der Waals surface area (Å²) in [6, 6.07) is 18.7. The van der Waals surface area contributed by atoms with Gasteiger partial charge in [0.1, 0.15) is 28.8 Å². The lowest BCUT2D eigenvalue weighted by molar-refractivity contribution is 0.0920. The SMILES string of the molecule is Cc1c2n(c3c(-c4ccc(Cl)cc4F)cc(C#N)cc13)CCNC2=O.Cc1c2n(c3c(-c4ccc(F)cc4F)cc(C#N)cc13)CCNC2=O. The number of carbonyl (C=O) groups excluding carboxylic acids is 2. The van der Waals surface area contributed by atoms with Gasteiger partial charge in [0.2, 0.25) is 0 Å². The van der Waals surface area contributed by atoms with Crippen molar-refractivity contribution in [3.63, 3.8) is 0 Å². The van der Waals surface area contributed by atoms with Crippen LogP contribution in [-0.4, -0.2) is 34.0 Å². The minimum absolute atomic E-state index is 0.152. The summed E-state index contributed by atoms with van der Waals surface area (Å²) in [5.41, 5.74) is 6.48. The summed E-state index contributed by atoms with van der Waals surface area (Å²) in [6.07, 6.45) is 0. The van der Waals surface area contributed by atoms with Crippen LogP contribution in [0, 0.1) is 54.0 Å². The number of nitriles is 2. The molecule has 2 aliphatic rings. The number of aromatic nitrogens is 2. The van der Waals surface area contributed by atoms with E-state index in [9.17, 15) is 33.3 Å². The Morgan fingerprint density at radius 2 is 1.12 bits per heavy atom. The Balaban J connectivity index is 0.000000157. The summed E-state index contributed by atoms with van der Waals surface area (Å²) < 4.78 is 46.0. The number of nitrogens with zero attached hydrogens (tertiary/aromatic N) is 4. The molecule has 4 heterocycles. The van der Waals surface area contributed by atoms with Crippen molar-refractivity contribution >= 4 is 45.2 Å². The van der Waals surface area contributed by atoms with Crippen molar-refractivity contribution in [1.82, 2.24) is 19.8 Å². The van der Waals surface area contributed by atoms with E-state index in [1.54, 1.807) is 36.4 Å². The van der Waals surface area contributed by atoms with Gasteiger partial charge in [-0.3, -0.25) is 9.59 Å². The lowest BCUT2D eigenvalue weighted by Crippen LogP contribution is -2.35. The Kier molecular flexibility index (Phi) is 8.09. The zero-order valence-corrected chi connectivity index (χ0v) is 27.5. The van der Waals surface area contributed by atoms with Gasteiger partial charge in [0.05, 0.1) is 34.3 Å². The molecule has 0 saturated heterocycles. The molecule has 8 rings (SSSR count). The van der Waals surface area contributed by atoms with E-state index in [1.165, 1.54) is 18.2 Å². The van der Waals surface area contributed by atoms with Gasteiger partial charge in [-0.1, -0.05) is 11.6 Å². The molecule has 0 spiro atoms. The number of benzene rings is 4. The third-order valence-corrected chi connectivity index (χ3v) is 9.43. The van der Waals surface area contributed by atoms with Crippen molar-refractivity contribution < 1.29 is 22.8 Å². The maximum absolute atomic E-state index is 14.6. The van der Waals surface area contributed by atoms with Crippen LogP contribution in [0.1, 0.15) is 43.2 Å². The van der Waals surface area contributed by atoms with E-state index in [2.05, 4.69) is 22.8 Å². The van der Waals surface area contributed by atoms with Gasteiger partial charge in [-0.2, -0.15) is 10.5 Å². The Morgan fingerprint density at radius 3 is 1.56 bits per heavy atom. The molecule has 12 heteroatoms. The van der Waals surface area contributed by atoms with Gasteiger partial charge in [-0.15, -0.1) is 0 Å². The van der Waals surface area contributed by atoms with E-state index in [0.717, 1.165) is 33.5 Å². The average Bonchev–Trinajstić information content (AvgIpc) is 3.56. The molecule has 4 aromatic carbocycles. The highest BCUT2D eigenvalue weighted by molar-refractivity contribution is 6.30. The number of fused-ring (bicyclic) bond motifs is 6. The number of nitrogens with one attached hydrogen (secondary N) is 2. The molecule has 0 radical (unpaired) electrons. The van der Waals surface area contributed by atoms with Crippen LogP contribution in [-0.2, 0) is 13.1 Å². The van der Waals surface area contributed by atoms with Crippen molar-refractivity contribution in [2.24, 2.45) is 0 Å². The Hall–Kier alpha value is -6.04. The van der Waals surface area contributed by atoms with Crippen LogP contribution >= 0.6 is 11.6 Å². The second-order valence-corrected chi connectivity index (χ2v) is 12.5. The van der Waals surface area contributed by atoms with E-state index < -0.39 is 17.5 Å². The molecule has 248 valence electrons. The maximum atomic E-state index is 14.6. The quantitative estimate of drug-likeness (QED) is 0.195. The summed E-state index contributed by atoms with van der Waals surface area (Å²) in [5.74, 6) is -2.17. The molecule has 2 aliphatic heterocycles. The van der Waals surface area contributed by atoms with Gasteiger partial charge in [-0.05, 0) is 79.6 Å². The van der Waals surface area contributed by atoms with Crippen LogP contribution in [0.25, 0.3) is 44.1 Å². The maximum Gasteiger partial charge on any atom is 0.268 e. The van der Waals surface area contributed by atoms with E-state index in [0.29, 0.717) is 75.9 Å². The average molecular weight is 691 g/mol. The number of halogens is 4. The molecule has 0 atom stereocenters. The first-order chi connectivity index (χ1) is 24.0. The first kappa shape index (κ1) is 32.5. The van der Waals surface area contributed by atoms with Crippen LogP contribution in [0.15, 0.2) is 60.7 Å². The Bertz CT molecular complexity index is 2360. The van der Waals surface area contributed by atoms with Crippen molar-refractivity contribution in [2.45, 2.75) is 26.9 Å². The van der Waals surface area contributed by atoms with Crippen molar-refractivity contribution in [3.8, 4) is 34.4 Å². The Labute approximate surface area is 288 Å². The number of hydrogen-bond donors (Lipinski definition) is 2. The molecule has 0 unspecified atom stereocenters. The van der Waals surface area contributed by atoms with E-state index >= 15 is 0 Å². The fourth-order valence-electron chi connectivity index (χ4n) is 7.02. The highest BCUT2D eigenvalue weighted by Crippen LogP contribution is 2.39. The molecular formula is C38H26ClF3N6O2. The van der Waals surface area contributed by atoms with Crippen molar-refractivity contribution in [2.75, 3.05) is 13.1 Å². The summed E-state index contributed by atoms with van der Waals surface area (Å²) in [7, 11) is 0. The van der Waals surface area contributed by atoms with E-state index in [-0.39, 0.29) is 17.4 Å². The predicted octanol–water partition coefficient (Wildman–Crippen LogP) is 7.53. The van der Waals surface area contributed by atoms with Gasteiger partial charge < -0.3 is 19.8 Å². The first-order valence-corrected chi connectivity index (χ1v) is 16.0. The highest BCUT2D eigenvalue weighted by Gasteiger charge is 2.28. The molecule has 8 nitrogen and oxygen atoms in total. The van der Waals surface area contributed by atoms with Gasteiger partial charge in [0, 0.05) is 70.3 Å².